The van der Waals surface area contributed by atoms with E-state index in [-0.39, 0.29) is 0 Å². The van der Waals surface area contributed by atoms with Gasteiger partial charge in [-0.3, -0.25) is 4.79 Å². The van der Waals surface area contributed by atoms with Crippen molar-refractivity contribution in [3.8, 4) is 0 Å². The fourth-order valence-electron chi connectivity index (χ4n) is 0.614. The molecule has 1 amide bonds. The van der Waals surface area contributed by atoms with Crippen molar-refractivity contribution < 1.29 is 24.9 Å². The molecule has 0 aliphatic heterocycles. The van der Waals surface area contributed by atoms with Crippen LogP contribution in [0.1, 0.15) is 0 Å². The van der Waals surface area contributed by atoms with Gasteiger partial charge in [-0.05, 0) is 0 Å². The summed E-state index contributed by atoms with van der Waals surface area (Å²) in [5.41, 5.74) is 3.67. The molecule has 0 aromatic rings. The van der Waals surface area contributed by atoms with Crippen LogP contribution >= 0.6 is 0 Å². The number of aliphatic carboxylic acids is 1. The molecule has 0 aliphatic rings. The van der Waals surface area contributed by atoms with E-state index in [9.17, 15) is 9.59 Å². The maximum absolute atomic E-state index is 10.5. The van der Waals surface area contributed by atoms with Crippen LogP contribution in [0.4, 0.5) is 0 Å². The van der Waals surface area contributed by atoms with Crippen molar-refractivity contribution in [1.29, 1.82) is 0 Å². The Hall–Kier alpha value is -1.40. The van der Waals surface area contributed by atoms with Gasteiger partial charge in [-0.25, -0.2) is 4.79 Å². The van der Waals surface area contributed by atoms with Gasteiger partial charge >= 0.3 is 5.97 Å². The van der Waals surface area contributed by atoms with Crippen LogP contribution in [0.3, 0.4) is 0 Å². The van der Waals surface area contributed by atoms with Gasteiger partial charge in [0.1, 0.15) is 0 Å². The van der Waals surface area contributed by atoms with Gasteiger partial charge in [0.25, 0.3) is 0 Å². The first-order chi connectivity index (χ1) is 5.54. The number of hydrogen-bond acceptors (Lipinski definition) is 4. The lowest BCUT2D eigenvalue weighted by molar-refractivity contribution is -0.133. The second-order valence-corrected chi connectivity index (χ2v) is 1.94. The quantitative estimate of drug-likeness (QED) is 0.362. The van der Waals surface area contributed by atoms with Crippen LogP contribution in [0.5, 0.6) is 0 Å². The highest BCUT2D eigenvalue weighted by atomic mass is 16.4. The zero-order chi connectivity index (χ0) is 9.72. The highest BCUT2D eigenvalue weighted by molar-refractivity contribution is 6.01. The van der Waals surface area contributed by atoms with Crippen molar-refractivity contribution in [3.05, 3.63) is 11.1 Å². The Labute approximate surface area is 67.9 Å². The van der Waals surface area contributed by atoms with Gasteiger partial charge in [-0.1, -0.05) is 0 Å². The number of primary amides is 1. The summed E-state index contributed by atoms with van der Waals surface area (Å²) in [4.78, 5) is 20.8. The SMILES string of the molecule is NC(=O)/C(CO)=C(\CO)C(=O)O. The van der Waals surface area contributed by atoms with Crippen LogP contribution < -0.4 is 5.73 Å². The first-order valence-corrected chi connectivity index (χ1v) is 3.01. The molecule has 0 rings (SSSR count). The van der Waals surface area contributed by atoms with Crippen LogP contribution in [0.25, 0.3) is 0 Å². The van der Waals surface area contributed by atoms with Crippen molar-refractivity contribution in [1.82, 2.24) is 0 Å². The van der Waals surface area contributed by atoms with Crippen LogP contribution in [-0.2, 0) is 9.59 Å². The van der Waals surface area contributed by atoms with Gasteiger partial charge in [0, 0.05) is 0 Å². The van der Waals surface area contributed by atoms with E-state index in [2.05, 4.69) is 0 Å². The Kier molecular flexibility index (Phi) is 3.95. The molecule has 6 nitrogen and oxygen atoms in total. The number of carboxylic acid groups (broad SMARTS) is 1. The minimum atomic E-state index is -1.47. The highest BCUT2D eigenvalue weighted by Crippen LogP contribution is 2.02. The van der Waals surface area contributed by atoms with E-state index in [1.807, 2.05) is 0 Å². The first-order valence-electron chi connectivity index (χ1n) is 3.01. The number of carbonyl (C=O) groups is 2. The van der Waals surface area contributed by atoms with E-state index in [0.29, 0.717) is 0 Å². The molecule has 0 heterocycles. The summed E-state index contributed by atoms with van der Waals surface area (Å²) in [5.74, 6) is -2.52. The zero-order valence-electron chi connectivity index (χ0n) is 6.15. The van der Waals surface area contributed by atoms with Crippen LogP contribution in [0.2, 0.25) is 0 Å². The summed E-state index contributed by atoms with van der Waals surface area (Å²) in [6.45, 7) is -1.63. The molecule has 0 radical (unpaired) electrons. The average Bonchev–Trinajstić information content (AvgIpc) is 1.98. The number of carbonyl (C=O) groups excluding carboxylic acids is 1. The minimum Gasteiger partial charge on any atom is -0.478 e. The summed E-state index contributed by atoms with van der Waals surface area (Å²) in [6.07, 6.45) is 0. The van der Waals surface area contributed by atoms with E-state index in [1.54, 1.807) is 0 Å². The number of aliphatic hydroxyl groups is 2. The summed E-state index contributed by atoms with van der Waals surface area (Å²) < 4.78 is 0. The molecule has 0 spiro atoms. The molecule has 0 aliphatic carbocycles. The molecule has 0 fully saturated rings. The van der Waals surface area contributed by atoms with Gasteiger partial charge < -0.3 is 21.1 Å². The largest absolute Gasteiger partial charge is 0.478 e. The van der Waals surface area contributed by atoms with Crippen LogP contribution in [0.15, 0.2) is 11.1 Å². The number of carboxylic acids is 1. The van der Waals surface area contributed by atoms with Crippen molar-refractivity contribution in [3.63, 3.8) is 0 Å². The van der Waals surface area contributed by atoms with Gasteiger partial charge in [-0.15, -0.1) is 0 Å². The molecule has 0 aromatic carbocycles. The van der Waals surface area contributed by atoms with Gasteiger partial charge in [0.15, 0.2) is 0 Å². The molecular formula is C6H9NO5. The fraction of sp³-hybridized carbons (Fsp3) is 0.333. The number of aliphatic hydroxyl groups excluding tert-OH is 2. The molecule has 0 aromatic heterocycles. The molecule has 68 valence electrons. The Morgan fingerprint density at radius 3 is 1.58 bits per heavy atom. The third-order valence-electron chi connectivity index (χ3n) is 1.24. The second-order valence-electron chi connectivity index (χ2n) is 1.94. The molecule has 5 N–H and O–H groups in total. The zero-order valence-corrected chi connectivity index (χ0v) is 6.15. The minimum absolute atomic E-state index is 0.481. The Bertz CT molecular complexity index is 208. The van der Waals surface area contributed by atoms with Gasteiger partial charge in [-0.2, -0.15) is 0 Å². The molecule has 0 saturated carbocycles. The van der Waals surface area contributed by atoms with Crippen LogP contribution in [-0.4, -0.2) is 40.4 Å². The molecule has 6 heteroatoms. The van der Waals surface area contributed by atoms with Gasteiger partial charge in [0.2, 0.25) is 5.91 Å². The lowest BCUT2D eigenvalue weighted by atomic mass is 10.1. The van der Waals surface area contributed by atoms with Crippen molar-refractivity contribution in [2.75, 3.05) is 13.2 Å². The molecule has 0 saturated heterocycles. The number of hydrogen-bond donors (Lipinski definition) is 4. The lowest BCUT2D eigenvalue weighted by Crippen LogP contribution is -2.22. The molecule has 12 heavy (non-hydrogen) atoms. The van der Waals surface area contributed by atoms with Gasteiger partial charge in [0.05, 0.1) is 24.4 Å². The first kappa shape index (κ1) is 10.6. The predicted octanol–water partition coefficient (Wildman–Crippen LogP) is -2.16. The van der Waals surface area contributed by atoms with E-state index in [0.717, 1.165) is 0 Å². The highest BCUT2D eigenvalue weighted by Gasteiger charge is 2.16. The maximum atomic E-state index is 10.5. The summed E-state index contributed by atoms with van der Waals surface area (Å²) in [5, 5.41) is 25.4. The average molecular weight is 175 g/mol. The molecular weight excluding hydrogens is 166 g/mol. The summed E-state index contributed by atoms with van der Waals surface area (Å²) in [6, 6.07) is 0. The predicted molar refractivity (Wildman–Crippen MR) is 38.0 cm³/mol. The van der Waals surface area contributed by atoms with E-state index < -0.39 is 36.2 Å². The topological polar surface area (TPSA) is 121 Å². The normalized spacial score (nSPS) is 12.2. The Morgan fingerprint density at radius 1 is 1.08 bits per heavy atom. The monoisotopic (exact) mass is 175 g/mol. The summed E-state index contributed by atoms with van der Waals surface area (Å²) in [7, 11) is 0. The maximum Gasteiger partial charge on any atom is 0.334 e. The number of amides is 1. The molecule has 0 atom stereocenters. The van der Waals surface area contributed by atoms with Crippen molar-refractivity contribution in [2.45, 2.75) is 0 Å². The lowest BCUT2D eigenvalue weighted by Gasteiger charge is -2.02. The Morgan fingerprint density at radius 2 is 1.50 bits per heavy atom. The second kappa shape index (κ2) is 4.47. The van der Waals surface area contributed by atoms with E-state index in [4.69, 9.17) is 21.1 Å². The van der Waals surface area contributed by atoms with Crippen LogP contribution in [0, 0.1) is 0 Å². The summed E-state index contributed by atoms with van der Waals surface area (Å²) >= 11 is 0. The smallest absolute Gasteiger partial charge is 0.334 e. The third kappa shape index (κ3) is 2.33. The van der Waals surface area contributed by atoms with E-state index in [1.165, 1.54) is 0 Å². The number of rotatable bonds is 4. The van der Waals surface area contributed by atoms with Crippen molar-refractivity contribution in [2.24, 2.45) is 5.73 Å². The van der Waals surface area contributed by atoms with E-state index >= 15 is 0 Å². The number of nitrogens with two attached hydrogens (primary N) is 1. The fourth-order valence-corrected chi connectivity index (χ4v) is 0.614. The third-order valence-corrected chi connectivity index (χ3v) is 1.24. The van der Waals surface area contributed by atoms with Crippen molar-refractivity contribution >= 4 is 11.9 Å². The molecule has 0 unspecified atom stereocenters. The molecule has 0 bridgehead atoms. The standard InChI is InChI=1S/C6H9NO5/c7-5(10)3(1-8)4(2-9)6(11)12/h8-9H,1-2H2,(H2,7,10)(H,11,12)/b4-3+. The Balaban J connectivity index is 5.01.